The number of aliphatic hydroxyl groups excluding tert-OH is 3. The predicted molar refractivity (Wildman–Crippen MR) is 118 cm³/mol. The molecule has 1 heterocycles. The van der Waals surface area contributed by atoms with Crippen molar-refractivity contribution in [3.05, 3.63) is 69.8 Å². The Hall–Kier alpha value is -3.24. The number of phenols is 2. The van der Waals surface area contributed by atoms with E-state index in [0.717, 1.165) is 0 Å². The lowest BCUT2D eigenvalue weighted by atomic mass is 9.71. The van der Waals surface area contributed by atoms with Crippen LogP contribution in [0.2, 0.25) is 0 Å². The van der Waals surface area contributed by atoms with Gasteiger partial charge in [-0.1, -0.05) is 23.8 Å². The molecule has 0 amide bonds. The summed E-state index contributed by atoms with van der Waals surface area (Å²) in [5.74, 6) is -3.01. The maximum absolute atomic E-state index is 13.2. The van der Waals surface area contributed by atoms with Gasteiger partial charge in [0.25, 0.3) is 0 Å². The minimum atomic E-state index is -1.82. The van der Waals surface area contributed by atoms with Crippen LogP contribution in [0.4, 0.5) is 0 Å². The van der Waals surface area contributed by atoms with Crippen LogP contribution < -0.4 is 0 Å². The van der Waals surface area contributed by atoms with Gasteiger partial charge in [0.1, 0.15) is 29.8 Å². The molecule has 0 saturated carbocycles. The molecule has 2 aliphatic rings. The van der Waals surface area contributed by atoms with E-state index in [0.29, 0.717) is 22.3 Å². The van der Waals surface area contributed by atoms with E-state index in [-0.39, 0.29) is 22.6 Å². The smallest absolute Gasteiger partial charge is 0.331 e. The molecule has 1 aliphatic carbocycles. The highest BCUT2D eigenvalue weighted by atomic mass is 16.6. The Morgan fingerprint density at radius 1 is 1.00 bits per heavy atom. The summed E-state index contributed by atoms with van der Waals surface area (Å²) >= 11 is 0. The molecule has 0 radical (unpaired) electrons. The van der Waals surface area contributed by atoms with Gasteiger partial charge in [-0.05, 0) is 49.6 Å². The molecule has 34 heavy (non-hydrogen) atoms. The summed E-state index contributed by atoms with van der Waals surface area (Å²) < 4.78 is 10.9. The van der Waals surface area contributed by atoms with Crippen LogP contribution in [-0.2, 0) is 14.3 Å². The van der Waals surface area contributed by atoms with Gasteiger partial charge >= 0.3 is 5.97 Å². The first kappa shape index (κ1) is 23.9. The minimum absolute atomic E-state index is 0.0703. The van der Waals surface area contributed by atoms with Crippen LogP contribution in [-0.4, -0.2) is 68.0 Å². The van der Waals surface area contributed by atoms with Gasteiger partial charge in [0.15, 0.2) is 12.4 Å². The predicted octanol–water partition coefficient (Wildman–Crippen LogP) is 1.40. The molecule has 0 bridgehead atoms. The molecule has 2 aromatic rings. The van der Waals surface area contributed by atoms with Crippen molar-refractivity contribution in [2.75, 3.05) is 0 Å². The van der Waals surface area contributed by atoms with Crippen molar-refractivity contribution in [2.24, 2.45) is 0 Å². The zero-order chi connectivity index (χ0) is 24.9. The molecule has 9 heteroatoms. The average Bonchev–Trinajstić information content (AvgIpc) is 2.73. The van der Waals surface area contributed by atoms with Crippen LogP contribution in [0.25, 0.3) is 0 Å². The average molecular weight is 470 g/mol. The van der Waals surface area contributed by atoms with E-state index in [1.54, 1.807) is 32.9 Å². The van der Waals surface area contributed by atoms with E-state index in [1.807, 2.05) is 0 Å². The van der Waals surface area contributed by atoms with Crippen LogP contribution in [0.15, 0.2) is 42.0 Å². The summed E-state index contributed by atoms with van der Waals surface area (Å²) in [6, 6.07) is 7.45. The lowest BCUT2D eigenvalue weighted by molar-refractivity contribution is -0.286. The number of aliphatic hydroxyl groups is 3. The van der Waals surface area contributed by atoms with E-state index in [2.05, 4.69) is 0 Å². The zero-order valence-corrected chi connectivity index (χ0v) is 18.8. The highest BCUT2D eigenvalue weighted by Gasteiger charge is 2.52. The van der Waals surface area contributed by atoms with Crippen molar-refractivity contribution in [3.63, 3.8) is 0 Å². The number of carbonyl (C=O) groups excluding carboxylic acids is 2. The van der Waals surface area contributed by atoms with Gasteiger partial charge < -0.3 is 35.0 Å². The van der Waals surface area contributed by atoms with Crippen molar-refractivity contribution in [3.8, 4) is 11.5 Å². The summed E-state index contributed by atoms with van der Waals surface area (Å²) in [5.41, 5.74) is 1.71. The van der Waals surface area contributed by atoms with Crippen LogP contribution in [0.1, 0.15) is 52.4 Å². The summed E-state index contributed by atoms with van der Waals surface area (Å²) in [6.45, 7) is 5.05. The largest absolute Gasteiger partial charge is 0.507 e. The van der Waals surface area contributed by atoms with Gasteiger partial charge in [-0.3, -0.25) is 4.79 Å². The van der Waals surface area contributed by atoms with Gasteiger partial charge in [0.2, 0.25) is 5.78 Å². The molecule has 1 saturated heterocycles. The van der Waals surface area contributed by atoms with E-state index in [9.17, 15) is 35.1 Å². The molecule has 5 N–H and O–H groups in total. The molecule has 180 valence electrons. The van der Waals surface area contributed by atoms with Crippen LogP contribution in [0.3, 0.4) is 0 Å². The van der Waals surface area contributed by atoms with E-state index < -0.39 is 48.4 Å². The lowest BCUT2D eigenvalue weighted by Crippen LogP contribution is -2.60. The number of esters is 1. The van der Waals surface area contributed by atoms with Crippen molar-refractivity contribution in [1.29, 1.82) is 0 Å². The molecule has 0 unspecified atom stereocenters. The van der Waals surface area contributed by atoms with Gasteiger partial charge in [0.05, 0.1) is 11.1 Å². The molecule has 9 nitrogen and oxygen atoms in total. The third-order valence-corrected chi connectivity index (χ3v) is 6.08. The maximum atomic E-state index is 13.2. The highest BCUT2D eigenvalue weighted by molar-refractivity contribution is 6.16. The monoisotopic (exact) mass is 470 g/mol. The molecule has 2 aromatic carbocycles. The fraction of sp³-hybridized carbons (Fsp3) is 0.360. The normalized spacial score (nSPS) is 28.0. The Balaban J connectivity index is 1.86. The standard InChI is InChI=1S/C25H26O9/c1-10(2)7-16(28)33-24-21(30)23(34-25(32)22(24)31)17-12-5-4-6-14(26)18(12)20(29)19-13(17)8-11(3)9-15(19)27/h4-9,17,21-27,30-32H,1-3H3/t17-,21+,22+,23-,24+,25+/m0/s1. The number of ketones is 1. The Morgan fingerprint density at radius 3 is 2.35 bits per heavy atom. The zero-order valence-electron chi connectivity index (χ0n) is 18.8. The molecule has 6 atom stereocenters. The third kappa shape index (κ3) is 3.97. The Morgan fingerprint density at radius 2 is 1.68 bits per heavy atom. The summed E-state index contributed by atoms with van der Waals surface area (Å²) in [6.07, 6.45) is -6.86. The van der Waals surface area contributed by atoms with Crippen LogP contribution in [0, 0.1) is 6.92 Å². The number of hydrogen-bond acceptors (Lipinski definition) is 9. The van der Waals surface area contributed by atoms with E-state index in [1.165, 1.54) is 24.3 Å². The second kappa shape index (κ2) is 8.84. The number of phenolic OH excluding ortho intramolecular Hbond substituents is 2. The molecular weight excluding hydrogens is 444 g/mol. The minimum Gasteiger partial charge on any atom is -0.507 e. The highest BCUT2D eigenvalue weighted by Crippen LogP contribution is 2.47. The molecule has 1 aliphatic heterocycles. The second-order valence-corrected chi connectivity index (χ2v) is 8.89. The van der Waals surface area contributed by atoms with Crippen LogP contribution >= 0.6 is 0 Å². The molecular formula is C25H26O9. The summed E-state index contributed by atoms with van der Waals surface area (Å²) in [5, 5.41) is 53.0. The van der Waals surface area contributed by atoms with Crippen LogP contribution in [0.5, 0.6) is 11.5 Å². The fourth-order valence-electron chi connectivity index (χ4n) is 4.69. The number of aromatic hydroxyl groups is 2. The Bertz CT molecular complexity index is 1180. The van der Waals surface area contributed by atoms with E-state index >= 15 is 0 Å². The quantitative estimate of drug-likeness (QED) is 0.331. The van der Waals surface area contributed by atoms with Gasteiger partial charge in [-0.2, -0.15) is 0 Å². The number of rotatable bonds is 3. The summed E-state index contributed by atoms with van der Waals surface area (Å²) in [4.78, 5) is 25.4. The number of allylic oxidation sites excluding steroid dienone is 1. The van der Waals surface area contributed by atoms with Crippen molar-refractivity contribution < 1.29 is 44.6 Å². The fourth-order valence-corrected chi connectivity index (χ4v) is 4.69. The first-order chi connectivity index (χ1) is 16.0. The molecule has 1 fully saturated rings. The van der Waals surface area contributed by atoms with Crippen molar-refractivity contribution in [2.45, 2.75) is 57.4 Å². The van der Waals surface area contributed by atoms with Gasteiger partial charge in [-0.25, -0.2) is 4.79 Å². The number of carbonyl (C=O) groups is 2. The first-order valence-electron chi connectivity index (χ1n) is 10.8. The number of benzene rings is 2. The second-order valence-electron chi connectivity index (χ2n) is 8.89. The number of ether oxygens (including phenoxy) is 2. The van der Waals surface area contributed by atoms with E-state index in [4.69, 9.17) is 9.47 Å². The Kier molecular flexibility index (Phi) is 6.22. The van der Waals surface area contributed by atoms with Crippen molar-refractivity contribution >= 4 is 11.8 Å². The van der Waals surface area contributed by atoms with Gasteiger partial charge in [0, 0.05) is 12.0 Å². The topological polar surface area (TPSA) is 154 Å². The number of aryl methyl sites for hydroxylation is 1. The van der Waals surface area contributed by atoms with Crippen molar-refractivity contribution in [1.82, 2.24) is 0 Å². The first-order valence-corrected chi connectivity index (χ1v) is 10.8. The number of fused-ring (bicyclic) bond motifs is 2. The molecule has 0 aromatic heterocycles. The maximum Gasteiger partial charge on any atom is 0.331 e. The molecule has 0 spiro atoms. The SMILES string of the molecule is CC(C)=CC(=O)O[C@H]1[C@@H](O)[C@H](O)O[C@@H]([C@H]2c3cccc(O)c3C(=O)c3c(O)cc(C)cc32)[C@H]1O. The lowest BCUT2D eigenvalue weighted by Gasteiger charge is -2.44. The third-order valence-electron chi connectivity index (χ3n) is 6.08. The summed E-state index contributed by atoms with van der Waals surface area (Å²) in [7, 11) is 0. The Labute approximate surface area is 195 Å². The van der Waals surface area contributed by atoms with Gasteiger partial charge in [-0.15, -0.1) is 0 Å². The molecule has 4 rings (SSSR count). The number of hydrogen-bond donors (Lipinski definition) is 5.